The number of rotatable bonds is 3. The molecule has 0 atom stereocenters. The second-order valence-corrected chi connectivity index (χ2v) is 4.20. The van der Waals surface area contributed by atoms with Gasteiger partial charge >= 0.3 is 0 Å². The molecule has 3 rings (SSSR count). The zero-order valence-electron chi connectivity index (χ0n) is 10.4. The van der Waals surface area contributed by atoms with Crippen molar-refractivity contribution in [3.63, 3.8) is 0 Å². The van der Waals surface area contributed by atoms with Gasteiger partial charge in [0.25, 0.3) is 5.69 Å². The van der Waals surface area contributed by atoms with Crippen molar-refractivity contribution in [2.75, 3.05) is 0 Å². The molecule has 3 aromatic rings. The van der Waals surface area contributed by atoms with Crippen LogP contribution in [-0.4, -0.2) is 9.91 Å². The highest BCUT2D eigenvalue weighted by Crippen LogP contribution is 2.17. The Hall–Kier alpha value is -2.95. The lowest BCUT2D eigenvalue weighted by molar-refractivity contribution is -0.384. The van der Waals surface area contributed by atoms with Gasteiger partial charge in [0, 0.05) is 18.2 Å². The average Bonchev–Trinajstić information content (AvgIpc) is 2.88. The highest BCUT2D eigenvalue weighted by molar-refractivity contribution is 5.75. The van der Waals surface area contributed by atoms with Crippen LogP contribution in [0.2, 0.25) is 0 Å². The van der Waals surface area contributed by atoms with Crippen LogP contribution < -0.4 is 0 Å². The lowest BCUT2D eigenvalue weighted by Crippen LogP contribution is -1.86. The normalized spacial score (nSPS) is 11.2. The van der Waals surface area contributed by atoms with Crippen LogP contribution in [0.3, 0.4) is 0 Å². The first-order valence-corrected chi connectivity index (χ1v) is 6.00. The van der Waals surface area contributed by atoms with Gasteiger partial charge in [-0.2, -0.15) is 0 Å². The fourth-order valence-corrected chi connectivity index (χ4v) is 1.84. The maximum atomic E-state index is 10.6. The number of fused-ring (bicyclic) bond motifs is 1. The predicted molar refractivity (Wildman–Crippen MR) is 76.0 cm³/mol. The van der Waals surface area contributed by atoms with E-state index in [0.29, 0.717) is 5.89 Å². The third-order valence-electron chi connectivity index (χ3n) is 2.83. The maximum absolute atomic E-state index is 10.6. The van der Waals surface area contributed by atoms with Crippen molar-refractivity contribution in [3.05, 3.63) is 70.1 Å². The van der Waals surface area contributed by atoms with Gasteiger partial charge in [0.1, 0.15) is 5.52 Å². The van der Waals surface area contributed by atoms with Crippen molar-refractivity contribution in [1.82, 2.24) is 4.98 Å². The number of nitro benzene ring substituents is 1. The Morgan fingerprint density at radius 2 is 1.80 bits per heavy atom. The third kappa shape index (κ3) is 2.42. The molecule has 0 bridgehead atoms. The molecule has 0 aliphatic carbocycles. The Bertz CT molecular complexity index is 755. The van der Waals surface area contributed by atoms with Crippen molar-refractivity contribution in [2.24, 2.45) is 0 Å². The Morgan fingerprint density at radius 1 is 1.05 bits per heavy atom. The molecule has 1 heterocycles. The van der Waals surface area contributed by atoms with E-state index in [0.717, 1.165) is 16.7 Å². The number of para-hydroxylation sites is 2. The van der Waals surface area contributed by atoms with Crippen molar-refractivity contribution in [1.29, 1.82) is 0 Å². The van der Waals surface area contributed by atoms with Gasteiger partial charge < -0.3 is 4.42 Å². The van der Waals surface area contributed by atoms with Crippen molar-refractivity contribution >= 4 is 28.9 Å². The van der Waals surface area contributed by atoms with Gasteiger partial charge in [-0.05, 0) is 35.9 Å². The van der Waals surface area contributed by atoms with E-state index in [1.807, 2.05) is 24.3 Å². The molecule has 5 heteroatoms. The van der Waals surface area contributed by atoms with Crippen LogP contribution in [-0.2, 0) is 0 Å². The second-order valence-electron chi connectivity index (χ2n) is 4.20. The zero-order chi connectivity index (χ0) is 13.9. The number of hydrogen-bond donors (Lipinski definition) is 0. The van der Waals surface area contributed by atoms with Crippen LogP contribution in [0.25, 0.3) is 23.3 Å². The Kier molecular flexibility index (Phi) is 3.01. The molecule has 0 unspecified atom stereocenters. The summed E-state index contributed by atoms with van der Waals surface area (Å²) in [6.45, 7) is 0. The Balaban J connectivity index is 1.84. The molecule has 0 fully saturated rings. The largest absolute Gasteiger partial charge is 0.437 e. The van der Waals surface area contributed by atoms with Gasteiger partial charge in [-0.3, -0.25) is 10.1 Å². The summed E-state index contributed by atoms with van der Waals surface area (Å²) in [5.74, 6) is 0.504. The summed E-state index contributed by atoms with van der Waals surface area (Å²) in [6, 6.07) is 13.8. The van der Waals surface area contributed by atoms with Crippen LogP contribution in [0.5, 0.6) is 0 Å². The number of nitrogens with zero attached hydrogens (tertiary/aromatic N) is 2. The van der Waals surface area contributed by atoms with E-state index in [4.69, 9.17) is 4.42 Å². The zero-order valence-corrected chi connectivity index (χ0v) is 10.4. The molecule has 0 radical (unpaired) electrons. The molecule has 0 N–H and O–H groups in total. The molecule has 0 amide bonds. The SMILES string of the molecule is O=[N+]([O-])c1ccc(C=Cc2nc3ccccc3o2)cc1. The number of benzene rings is 2. The summed E-state index contributed by atoms with van der Waals surface area (Å²) in [5, 5.41) is 10.6. The summed E-state index contributed by atoms with van der Waals surface area (Å²) < 4.78 is 5.55. The molecule has 0 saturated carbocycles. The minimum atomic E-state index is -0.422. The summed E-state index contributed by atoms with van der Waals surface area (Å²) in [6.07, 6.45) is 3.54. The predicted octanol–water partition coefficient (Wildman–Crippen LogP) is 3.91. The standard InChI is InChI=1S/C15H10N2O3/c18-17(19)12-8-5-11(6-9-12)7-10-15-16-13-3-1-2-4-14(13)20-15/h1-10H. The smallest absolute Gasteiger partial charge is 0.269 e. The van der Waals surface area contributed by atoms with Gasteiger partial charge in [0.15, 0.2) is 5.58 Å². The molecule has 0 aliphatic rings. The van der Waals surface area contributed by atoms with E-state index in [9.17, 15) is 10.1 Å². The van der Waals surface area contributed by atoms with Crippen LogP contribution in [0.4, 0.5) is 5.69 Å². The van der Waals surface area contributed by atoms with E-state index < -0.39 is 4.92 Å². The first kappa shape index (κ1) is 12.1. The third-order valence-corrected chi connectivity index (χ3v) is 2.83. The first-order valence-electron chi connectivity index (χ1n) is 6.00. The number of aromatic nitrogens is 1. The molecular formula is C15H10N2O3. The Morgan fingerprint density at radius 3 is 2.50 bits per heavy atom. The average molecular weight is 266 g/mol. The fourth-order valence-electron chi connectivity index (χ4n) is 1.84. The van der Waals surface area contributed by atoms with Gasteiger partial charge in [0.2, 0.25) is 5.89 Å². The quantitative estimate of drug-likeness (QED) is 0.532. The summed E-state index contributed by atoms with van der Waals surface area (Å²) in [4.78, 5) is 14.4. The number of non-ortho nitro benzene ring substituents is 1. The van der Waals surface area contributed by atoms with Crippen LogP contribution in [0.15, 0.2) is 52.9 Å². The highest BCUT2D eigenvalue weighted by Gasteiger charge is 2.03. The van der Waals surface area contributed by atoms with Crippen molar-refractivity contribution < 1.29 is 9.34 Å². The summed E-state index contributed by atoms with van der Waals surface area (Å²) in [5.41, 5.74) is 2.45. The Labute approximate surface area is 114 Å². The van der Waals surface area contributed by atoms with Crippen LogP contribution in [0, 0.1) is 10.1 Å². The minimum Gasteiger partial charge on any atom is -0.437 e. The van der Waals surface area contributed by atoms with E-state index in [1.165, 1.54) is 12.1 Å². The van der Waals surface area contributed by atoms with Gasteiger partial charge in [-0.1, -0.05) is 12.1 Å². The highest BCUT2D eigenvalue weighted by atomic mass is 16.6. The maximum Gasteiger partial charge on any atom is 0.269 e. The monoisotopic (exact) mass is 266 g/mol. The van der Waals surface area contributed by atoms with E-state index in [2.05, 4.69) is 4.98 Å². The molecule has 1 aromatic heterocycles. The fraction of sp³-hybridized carbons (Fsp3) is 0. The van der Waals surface area contributed by atoms with Gasteiger partial charge in [-0.25, -0.2) is 4.98 Å². The lowest BCUT2D eigenvalue weighted by Gasteiger charge is -1.92. The number of hydrogen-bond acceptors (Lipinski definition) is 4. The molecule has 5 nitrogen and oxygen atoms in total. The van der Waals surface area contributed by atoms with E-state index in [-0.39, 0.29) is 5.69 Å². The molecular weight excluding hydrogens is 256 g/mol. The van der Waals surface area contributed by atoms with Crippen molar-refractivity contribution in [3.8, 4) is 0 Å². The van der Waals surface area contributed by atoms with E-state index in [1.54, 1.807) is 24.3 Å². The summed E-state index contributed by atoms with van der Waals surface area (Å²) >= 11 is 0. The van der Waals surface area contributed by atoms with Gasteiger partial charge in [-0.15, -0.1) is 0 Å². The molecule has 20 heavy (non-hydrogen) atoms. The number of oxazole rings is 1. The lowest BCUT2D eigenvalue weighted by atomic mass is 10.2. The first-order chi connectivity index (χ1) is 9.72. The molecule has 98 valence electrons. The molecule has 0 saturated heterocycles. The van der Waals surface area contributed by atoms with Crippen LogP contribution in [0.1, 0.15) is 11.5 Å². The molecule has 0 aliphatic heterocycles. The van der Waals surface area contributed by atoms with Gasteiger partial charge in [0.05, 0.1) is 4.92 Å². The second kappa shape index (κ2) is 4.97. The molecule has 0 spiro atoms. The number of nitro groups is 1. The topological polar surface area (TPSA) is 69.2 Å². The van der Waals surface area contributed by atoms with Crippen LogP contribution >= 0.6 is 0 Å². The van der Waals surface area contributed by atoms with Crippen molar-refractivity contribution in [2.45, 2.75) is 0 Å². The molecule has 2 aromatic carbocycles. The summed E-state index contributed by atoms with van der Waals surface area (Å²) in [7, 11) is 0. The minimum absolute atomic E-state index is 0.0732. The van der Waals surface area contributed by atoms with E-state index >= 15 is 0 Å².